The van der Waals surface area contributed by atoms with E-state index in [1.807, 2.05) is 19.9 Å². The number of amides is 2. The molecule has 0 spiro atoms. The average molecular weight is 354 g/mol. The highest BCUT2D eigenvalue weighted by Crippen LogP contribution is 2.29. The number of carbonyl (C=O) groups is 2. The van der Waals surface area contributed by atoms with Crippen molar-refractivity contribution >= 4 is 23.6 Å². The van der Waals surface area contributed by atoms with Crippen molar-refractivity contribution in [2.24, 2.45) is 5.73 Å². The summed E-state index contributed by atoms with van der Waals surface area (Å²) >= 11 is 0. The third-order valence-corrected chi connectivity index (χ3v) is 3.39. The molecule has 2 aromatic rings. The van der Waals surface area contributed by atoms with Crippen molar-refractivity contribution in [3.63, 3.8) is 0 Å². The van der Waals surface area contributed by atoms with Crippen LogP contribution in [0.2, 0.25) is 0 Å². The van der Waals surface area contributed by atoms with Crippen LogP contribution in [0.25, 0.3) is 6.08 Å². The Morgan fingerprint density at radius 1 is 1.12 bits per heavy atom. The molecule has 0 bridgehead atoms. The minimum absolute atomic E-state index is 0.0345. The third-order valence-electron chi connectivity index (χ3n) is 3.39. The van der Waals surface area contributed by atoms with Gasteiger partial charge in [-0.3, -0.25) is 9.59 Å². The van der Waals surface area contributed by atoms with Crippen LogP contribution in [0.4, 0.5) is 5.69 Å². The third kappa shape index (κ3) is 5.37. The van der Waals surface area contributed by atoms with E-state index in [2.05, 4.69) is 5.32 Å². The molecule has 6 nitrogen and oxygen atoms in total. The van der Waals surface area contributed by atoms with E-state index in [9.17, 15) is 9.59 Å². The van der Waals surface area contributed by atoms with Gasteiger partial charge in [-0.2, -0.15) is 0 Å². The molecular formula is C20H22N2O4. The number of hydrogen-bond acceptors (Lipinski definition) is 4. The van der Waals surface area contributed by atoms with Crippen LogP contribution in [0.1, 0.15) is 29.8 Å². The second kappa shape index (κ2) is 8.71. The molecule has 2 aromatic carbocycles. The molecule has 0 fully saturated rings. The van der Waals surface area contributed by atoms with Gasteiger partial charge in [0, 0.05) is 17.3 Å². The van der Waals surface area contributed by atoms with Gasteiger partial charge in [0.05, 0.1) is 13.2 Å². The topological polar surface area (TPSA) is 90.6 Å². The largest absolute Gasteiger partial charge is 0.493 e. The van der Waals surface area contributed by atoms with Crippen LogP contribution in [0.15, 0.2) is 48.5 Å². The molecule has 2 rings (SSSR count). The Kier molecular flexibility index (Phi) is 6.38. The van der Waals surface area contributed by atoms with Crippen molar-refractivity contribution in [2.45, 2.75) is 20.0 Å². The molecule has 2 amide bonds. The first kappa shape index (κ1) is 19.1. The predicted molar refractivity (Wildman–Crippen MR) is 101 cm³/mol. The van der Waals surface area contributed by atoms with Gasteiger partial charge in [-0.1, -0.05) is 12.1 Å². The summed E-state index contributed by atoms with van der Waals surface area (Å²) in [7, 11) is 1.56. The number of rotatable bonds is 7. The number of ether oxygens (including phenoxy) is 2. The van der Waals surface area contributed by atoms with E-state index in [0.717, 1.165) is 5.56 Å². The number of methoxy groups -OCH3 is 1. The fourth-order valence-corrected chi connectivity index (χ4v) is 2.25. The normalized spacial score (nSPS) is 10.8. The van der Waals surface area contributed by atoms with E-state index < -0.39 is 5.91 Å². The lowest BCUT2D eigenvalue weighted by molar-refractivity contribution is -0.111. The Bertz CT molecular complexity index is 828. The SMILES string of the molecule is COc1cc(/C=C/C(=O)Nc2cccc(C(N)=O)c2)ccc1OC(C)C. The fourth-order valence-electron chi connectivity index (χ4n) is 2.25. The van der Waals surface area contributed by atoms with Gasteiger partial charge < -0.3 is 20.5 Å². The smallest absolute Gasteiger partial charge is 0.248 e. The van der Waals surface area contributed by atoms with Crippen LogP contribution in [-0.4, -0.2) is 25.0 Å². The molecule has 6 heteroatoms. The predicted octanol–water partition coefficient (Wildman–Crippen LogP) is 3.23. The second-order valence-corrected chi connectivity index (χ2v) is 5.84. The number of primary amides is 1. The van der Waals surface area contributed by atoms with Crippen molar-refractivity contribution in [1.29, 1.82) is 0 Å². The summed E-state index contributed by atoms with van der Waals surface area (Å²) in [5.74, 6) is 0.364. The fraction of sp³-hybridized carbons (Fsp3) is 0.200. The van der Waals surface area contributed by atoms with Crippen molar-refractivity contribution in [3.05, 3.63) is 59.7 Å². The van der Waals surface area contributed by atoms with Crippen LogP contribution in [0, 0.1) is 0 Å². The van der Waals surface area contributed by atoms with Crippen LogP contribution < -0.4 is 20.5 Å². The standard InChI is InChI=1S/C20H22N2O4/c1-13(2)26-17-9-7-14(11-18(17)25-3)8-10-19(23)22-16-6-4-5-15(12-16)20(21)24/h4-13H,1-3H3,(H2,21,24)(H,22,23)/b10-8+. The summed E-state index contributed by atoms with van der Waals surface area (Å²) in [6.45, 7) is 3.87. The molecule has 136 valence electrons. The van der Waals surface area contributed by atoms with E-state index in [1.165, 1.54) is 12.1 Å². The molecule has 0 atom stereocenters. The molecule has 26 heavy (non-hydrogen) atoms. The zero-order chi connectivity index (χ0) is 19.1. The number of anilines is 1. The number of benzene rings is 2. The molecule has 3 N–H and O–H groups in total. The number of hydrogen-bond donors (Lipinski definition) is 2. The van der Waals surface area contributed by atoms with Crippen molar-refractivity contribution in [1.82, 2.24) is 0 Å². The van der Waals surface area contributed by atoms with E-state index >= 15 is 0 Å². The summed E-state index contributed by atoms with van der Waals surface area (Å²) in [5, 5.41) is 2.68. The maximum absolute atomic E-state index is 12.1. The summed E-state index contributed by atoms with van der Waals surface area (Å²) in [6, 6.07) is 11.9. The van der Waals surface area contributed by atoms with Crippen LogP contribution in [0.3, 0.4) is 0 Å². The first-order chi connectivity index (χ1) is 12.4. The first-order valence-electron chi connectivity index (χ1n) is 8.12. The second-order valence-electron chi connectivity index (χ2n) is 5.84. The Morgan fingerprint density at radius 2 is 1.88 bits per heavy atom. The Labute approximate surface area is 152 Å². The molecule has 0 radical (unpaired) electrons. The van der Waals surface area contributed by atoms with E-state index in [4.69, 9.17) is 15.2 Å². The highest BCUT2D eigenvalue weighted by molar-refractivity contribution is 6.03. The minimum Gasteiger partial charge on any atom is -0.493 e. The van der Waals surface area contributed by atoms with Gasteiger partial charge in [-0.25, -0.2) is 0 Å². The molecular weight excluding hydrogens is 332 g/mol. The lowest BCUT2D eigenvalue weighted by Gasteiger charge is -2.13. The van der Waals surface area contributed by atoms with Gasteiger partial charge in [-0.05, 0) is 55.8 Å². The van der Waals surface area contributed by atoms with Crippen LogP contribution in [-0.2, 0) is 4.79 Å². The summed E-state index contributed by atoms with van der Waals surface area (Å²) < 4.78 is 11.0. The number of carbonyl (C=O) groups excluding carboxylic acids is 2. The minimum atomic E-state index is -0.549. The van der Waals surface area contributed by atoms with Crippen molar-refractivity contribution in [2.75, 3.05) is 12.4 Å². The first-order valence-corrected chi connectivity index (χ1v) is 8.12. The lowest BCUT2D eigenvalue weighted by Crippen LogP contribution is -2.12. The zero-order valence-electron chi connectivity index (χ0n) is 15.0. The van der Waals surface area contributed by atoms with Gasteiger partial charge in [-0.15, -0.1) is 0 Å². The lowest BCUT2D eigenvalue weighted by atomic mass is 10.1. The van der Waals surface area contributed by atoms with Gasteiger partial charge in [0.2, 0.25) is 11.8 Å². The summed E-state index contributed by atoms with van der Waals surface area (Å²) in [6.07, 6.45) is 3.09. The molecule has 0 aliphatic rings. The van der Waals surface area contributed by atoms with Crippen LogP contribution >= 0.6 is 0 Å². The summed E-state index contributed by atoms with van der Waals surface area (Å²) in [4.78, 5) is 23.2. The van der Waals surface area contributed by atoms with Gasteiger partial charge in [0.15, 0.2) is 11.5 Å². The maximum atomic E-state index is 12.1. The molecule has 0 saturated heterocycles. The van der Waals surface area contributed by atoms with Crippen LogP contribution in [0.5, 0.6) is 11.5 Å². The highest BCUT2D eigenvalue weighted by Gasteiger charge is 2.07. The number of nitrogens with one attached hydrogen (secondary N) is 1. The van der Waals surface area contributed by atoms with Gasteiger partial charge in [0.1, 0.15) is 0 Å². The molecule has 0 unspecified atom stereocenters. The maximum Gasteiger partial charge on any atom is 0.248 e. The van der Waals surface area contributed by atoms with E-state index in [0.29, 0.717) is 22.7 Å². The van der Waals surface area contributed by atoms with Crippen molar-refractivity contribution in [3.8, 4) is 11.5 Å². The van der Waals surface area contributed by atoms with Gasteiger partial charge >= 0.3 is 0 Å². The molecule has 0 aromatic heterocycles. The Balaban J connectivity index is 2.08. The van der Waals surface area contributed by atoms with E-state index in [1.54, 1.807) is 43.5 Å². The number of nitrogens with two attached hydrogens (primary N) is 1. The molecule has 0 saturated carbocycles. The Hall–Kier alpha value is -3.28. The monoisotopic (exact) mass is 354 g/mol. The van der Waals surface area contributed by atoms with E-state index in [-0.39, 0.29) is 12.0 Å². The summed E-state index contributed by atoms with van der Waals surface area (Å²) in [5.41, 5.74) is 6.85. The zero-order valence-corrected chi connectivity index (χ0v) is 15.0. The van der Waals surface area contributed by atoms with Gasteiger partial charge in [0.25, 0.3) is 0 Å². The Morgan fingerprint density at radius 3 is 2.54 bits per heavy atom. The van der Waals surface area contributed by atoms with Crippen molar-refractivity contribution < 1.29 is 19.1 Å². The highest BCUT2D eigenvalue weighted by atomic mass is 16.5. The molecule has 0 aliphatic heterocycles. The quantitative estimate of drug-likeness (QED) is 0.747. The molecule has 0 heterocycles. The molecule has 0 aliphatic carbocycles. The average Bonchev–Trinajstić information content (AvgIpc) is 2.60.